The molecule has 7 heteroatoms. The molecule has 7 nitrogen and oxygen atoms in total. The van der Waals surface area contributed by atoms with Crippen LogP contribution in [-0.4, -0.2) is 53.1 Å². The van der Waals surface area contributed by atoms with Gasteiger partial charge in [-0.1, -0.05) is 67.8 Å². The van der Waals surface area contributed by atoms with Gasteiger partial charge in [-0.05, 0) is 43.4 Å². The largest absolute Gasteiger partial charge is 0.347 e. The summed E-state index contributed by atoms with van der Waals surface area (Å²) in [6.07, 6.45) is 6.42. The van der Waals surface area contributed by atoms with Crippen molar-refractivity contribution in [2.24, 2.45) is 0 Å². The minimum absolute atomic E-state index is 0.0294. The Bertz CT molecular complexity index is 1030. The van der Waals surface area contributed by atoms with E-state index in [1.54, 1.807) is 24.3 Å². The number of nitrogens with one attached hydrogen (secondary N) is 2. The quantitative estimate of drug-likeness (QED) is 0.574. The van der Waals surface area contributed by atoms with Gasteiger partial charge in [0.25, 0.3) is 11.8 Å². The molecule has 2 aromatic rings. The summed E-state index contributed by atoms with van der Waals surface area (Å²) in [5, 5.41) is 5.75. The lowest BCUT2D eigenvalue weighted by atomic mass is 9.95. The number of Topliss-reactive ketones (excluding diaryl/α,β-unsaturated/α-hetero) is 1. The van der Waals surface area contributed by atoms with Crippen molar-refractivity contribution in [2.45, 2.75) is 69.5 Å². The van der Waals surface area contributed by atoms with Crippen LogP contribution in [0.5, 0.6) is 0 Å². The minimum Gasteiger partial charge on any atom is -0.347 e. The molecule has 0 radical (unpaired) electrons. The molecule has 1 unspecified atom stereocenters. The third kappa shape index (κ3) is 6.35. The molecule has 2 aliphatic rings. The highest BCUT2D eigenvalue weighted by molar-refractivity contribution is 6.38. The van der Waals surface area contributed by atoms with Gasteiger partial charge in [0.05, 0.1) is 0 Å². The van der Waals surface area contributed by atoms with Crippen LogP contribution in [0.4, 0.5) is 0 Å². The predicted molar refractivity (Wildman–Crippen MR) is 133 cm³/mol. The summed E-state index contributed by atoms with van der Waals surface area (Å²) in [4.78, 5) is 53.8. The van der Waals surface area contributed by atoms with Crippen molar-refractivity contribution in [1.29, 1.82) is 0 Å². The SMILES string of the molecule is O=C(NC1CCCCC1)C(=O)C1CCCN1C(=O)[C@H](Cc1ccccc1)NC(=O)c1ccccc1. The molecule has 0 bridgehead atoms. The molecule has 0 aromatic heterocycles. The van der Waals surface area contributed by atoms with Gasteiger partial charge in [0.15, 0.2) is 0 Å². The molecule has 184 valence electrons. The Kier molecular flexibility index (Phi) is 8.29. The Balaban J connectivity index is 1.48. The summed E-state index contributed by atoms with van der Waals surface area (Å²) in [5.41, 5.74) is 1.36. The zero-order valence-electron chi connectivity index (χ0n) is 19.9. The molecule has 4 rings (SSSR count). The van der Waals surface area contributed by atoms with Crippen LogP contribution >= 0.6 is 0 Å². The molecular weight excluding hydrogens is 442 g/mol. The van der Waals surface area contributed by atoms with Gasteiger partial charge in [0.2, 0.25) is 11.7 Å². The van der Waals surface area contributed by atoms with E-state index >= 15 is 0 Å². The number of hydrogen-bond donors (Lipinski definition) is 2. The maximum Gasteiger partial charge on any atom is 0.289 e. The maximum atomic E-state index is 13.7. The first kappa shape index (κ1) is 24.6. The standard InChI is InChI=1S/C28H33N3O4/c32-25(27(34)29-22-15-8-3-9-16-22)24-17-10-18-31(24)28(35)23(19-20-11-4-1-5-12-20)30-26(33)21-13-6-2-7-14-21/h1-2,4-7,11-14,22-24H,3,8-10,15-19H2,(H,29,34)(H,30,33)/t23-,24?/m0/s1. The highest BCUT2D eigenvalue weighted by Gasteiger charge is 2.40. The van der Waals surface area contributed by atoms with Gasteiger partial charge in [0.1, 0.15) is 12.1 Å². The second kappa shape index (κ2) is 11.8. The van der Waals surface area contributed by atoms with E-state index in [9.17, 15) is 19.2 Å². The van der Waals surface area contributed by atoms with Gasteiger partial charge in [0, 0.05) is 24.6 Å². The van der Waals surface area contributed by atoms with E-state index in [0.29, 0.717) is 31.4 Å². The normalized spacial score (nSPS) is 19.1. The van der Waals surface area contributed by atoms with E-state index in [2.05, 4.69) is 10.6 Å². The van der Waals surface area contributed by atoms with Gasteiger partial charge in [-0.2, -0.15) is 0 Å². The van der Waals surface area contributed by atoms with Crippen LogP contribution in [0.3, 0.4) is 0 Å². The van der Waals surface area contributed by atoms with Crippen LogP contribution in [0.25, 0.3) is 0 Å². The Morgan fingerprint density at radius 2 is 1.49 bits per heavy atom. The zero-order valence-corrected chi connectivity index (χ0v) is 19.9. The van der Waals surface area contributed by atoms with E-state index in [-0.39, 0.29) is 17.9 Å². The van der Waals surface area contributed by atoms with Crippen LogP contribution in [0.15, 0.2) is 60.7 Å². The summed E-state index contributed by atoms with van der Waals surface area (Å²) in [6, 6.07) is 16.6. The molecule has 1 saturated carbocycles. The van der Waals surface area contributed by atoms with Crippen molar-refractivity contribution in [2.75, 3.05) is 6.54 Å². The topological polar surface area (TPSA) is 95.6 Å². The van der Waals surface area contributed by atoms with Crippen LogP contribution in [0.2, 0.25) is 0 Å². The molecule has 2 aromatic carbocycles. The molecule has 2 fully saturated rings. The molecule has 2 atom stereocenters. The number of benzene rings is 2. The molecule has 1 saturated heterocycles. The lowest BCUT2D eigenvalue weighted by Crippen LogP contribution is -2.55. The third-order valence-electron chi connectivity index (χ3n) is 6.92. The first-order valence-electron chi connectivity index (χ1n) is 12.6. The molecule has 1 heterocycles. The molecule has 2 N–H and O–H groups in total. The highest BCUT2D eigenvalue weighted by atomic mass is 16.2. The van der Waals surface area contributed by atoms with Crippen LogP contribution in [0, 0.1) is 0 Å². The number of rotatable bonds is 8. The smallest absolute Gasteiger partial charge is 0.289 e. The third-order valence-corrected chi connectivity index (χ3v) is 6.92. The molecule has 35 heavy (non-hydrogen) atoms. The zero-order chi connectivity index (χ0) is 24.6. The van der Waals surface area contributed by atoms with Gasteiger partial charge in [-0.3, -0.25) is 19.2 Å². The average Bonchev–Trinajstić information content (AvgIpc) is 3.39. The minimum atomic E-state index is -0.847. The maximum absolute atomic E-state index is 13.7. The Morgan fingerprint density at radius 3 is 2.17 bits per heavy atom. The fraction of sp³-hybridized carbons (Fsp3) is 0.429. The van der Waals surface area contributed by atoms with Crippen molar-refractivity contribution >= 4 is 23.5 Å². The number of ketones is 1. The number of nitrogens with zero attached hydrogens (tertiary/aromatic N) is 1. The number of likely N-dealkylation sites (tertiary alicyclic amines) is 1. The Hall–Kier alpha value is -3.48. The fourth-order valence-corrected chi connectivity index (χ4v) is 5.04. The van der Waals surface area contributed by atoms with E-state index in [1.165, 1.54) is 4.90 Å². The predicted octanol–water partition coefficient (Wildman–Crippen LogP) is 3.04. The Morgan fingerprint density at radius 1 is 0.829 bits per heavy atom. The van der Waals surface area contributed by atoms with Crippen LogP contribution in [-0.2, 0) is 20.8 Å². The van der Waals surface area contributed by atoms with Crippen molar-refractivity contribution in [3.05, 3.63) is 71.8 Å². The van der Waals surface area contributed by atoms with Crippen molar-refractivity contribution in [3.63, 3.8) is 0 Å². The van der Waals surface area contributed by atoms with E-state index in [1.807, 2.05) is 36.4 Å². The van der Waals surface area contributed by atoms with Gasteiger partial charge in [-0.15, -0.1) is 0 Å². The summed E-state index contributed by atoms with van der Waals surface area (Å²) >= 11 is 0. The van der Waals surface area contributed by atoms with Crippen LogP contribution in [0.1, 0.15) is 60.9 Å². The lowest BCUT2D eigenvalue weighted by Gasteiger charge is -2.29. The van der Waals surface area contributed by atoms with Crippen molar-refractivity contribution < 1.29 is 19.2 Å². The molecule has 0 spiro atoms. The second-order valence-corrected chi connectivity index (χ2v) is 9.44. The first-order valence-corrected chi connectivity index (χ1v) is 12.6. The summed E-state index contributed by atoms with van der Waals surface area (Å²) in [6.45, 7) is 0.387. The van der Waals surface area contributed by atoms with E-state index in [4.69, 9.17) is 0 Å². The average molecular weight is 476 g/mol. The van der Waals surface area contributed by atoms with Crippen molar-refractivity contribution in [3.8, 4) is 0 Å². The van der Waals surface area contributed by atoms with Gasteiger partial charge in [-0.25, -0.2) is 0 Å². The van der Waals surface area contributed by atoms with E-state index < -0.39 is 23.8 Å². The second-order valence-electron chi connectivity index (χ2n) is 9.44. The van der Waals surface area contributed by atoms with E-state index in [0.717, 1.165) is 37.7 Å². The highest BCUT2D eigenvalue weighted by Crippen LogP contribution is 2.22. The number of hydrogen-bond acceptors (Lipinski definition) is 4. The van der Waals surface area contributed by atoms with Crippen molar-refractivity contribution in [1.82, 2.24) is 15.5 Å². The molecule has 3 amide bonds. The lowest BCUT2D eigenvalue weighted by molar-refractivity contribution is -0.145. The summed E-state index contributed by atoms with van der Waals surface area (Å²) in [5.74, 6) is -1.85. The summed E-state index contributed by atoms with van der Waals surface area (Å²) < 4.78 is 0. The number of amides is 3. The Labute approximate surface area is 206 Å². The fourth-order valence-electron chi connectivity index (χ4n) is 5.04. The van der Waals surface area contributed by atoms with Crippen LogP contribution < -0.4 is 10.6 Å². The van der Waals surface area contributed by atoms with Gasteiger partial charge < -0.3 is 15.5 Å². The molecule has 1 aliphatic heterocycles. The van der Waals surface area contributed by atoms with Gasteiger partial charge >= 0.3 is 0 Å². The molecule has 1 aliphatic carbocycles. The summed E-state index contributed by atoms with van der Waals surface area (Å²) in [7, 11) is 0. The number of carbonyl (C=O) groups is 4. The monoisotopic (exact) mass is 475 g/mol. The first-order chi connectivity index (χ1) is 17.0. The number of carbonyl (C=O) groups excluding carboxylic acids is 4. The molecular formula is C28H33N3O4.